The zero-order valence-electron chi connectivity index (χ0n) is 19.5. The number of benzene rings is 2. The second-order valence-corrected chi connectivity index (χ2v) is 8.90. The number of nitrogens with zero attached hydrogens (tertiary/aromatic N) is 5. The molecule has 36 heavy (non-hydrogen) atoms. The minimum Gasteiger partial charge on any atom is -0.379 e. The van der Waals surface area contributed by atoms with Gasteiger partial charge in [0.2, 0.25) is 0 Å². The maximum Gasteiger partial charge on any atom is 0.141 e. The first-order chi connectivity index (χ1) is 17.6. The fourth-order valence-electron chi connectivity index (χ4n) is 4.21. The minimum absolute atomic E-state index is 0.00310. The van der Waals surface area contributed by atoms with Crippen molar-refractivity contribution in [2.24, 2.45) is 0 Å². The molecular weight excluding hydrogens is 481 g/mol. The van der Waals surface area contributed by atoms with Crippen molar-refractivity contribution >= 4 is 39.6 Å². The van der Waals surface area contributed by atoms with E-state index in [2.05, 4.69) is 36.1 Å². The smallest absolute Gasteiger partial charge is 0.141 e. The SMILES string of the molecule is N#Cc1cnc2ccc(NCc3nccn3CCN3CCOCC3)cc2c1Nc1ccc(F)c(Cl)c1. The van der Waals surface area contributed by atoms with Crippen LogP contribution in [-0.2, 0) is 17.8 Å². The zero-order valence-corrected chi connectivity index (χ0v) is 20.3. The van der Waals surface area contributed by atoms with Crippen LogP contribution < -0.4 is 10.6 Å². The van der Waals surface area contributed by atoms with Crippen molar-refractivity contribution in [2.45, 2.75) is 13.1 Å². The third kappa shape index (κ3) is 5.41. The highest BCUT2D eigenvalue weighted by atomic mass is 35.5. The molecule has 1 saturated heterocycles. The standard InChI is InChI=1S/C26H25ClFN7O/c27-22-14-20(1-3-23(22)28)33-26-18(15-29)16-32-24-4-2-19(13-21(24)26)31-17-25-30-5-6-35(25)8-7-34-9-11-36-12-10-34/h1-6,13-14,16,31H,7-12,17H2,(H,32,33). The third-order valence-corrected chi connectivity index (χ3v) is 6.48. The van der Waals surface area contributed by atoms with Gasteiger partial charge in [-0.25, -0.2) is 9.37 Å². The number of hydrogen-bond donors (Lipinski definition) is 2. The van der Waals surface area contributed by atoms with Gasteiger partial charge in [0.25, 0.3) is 0 Å². The molecule has 0 amide bonds. The molecule has 2 N–H and O–H groups in total. The average molecular weight is 506 g/mol. The van der Waals surface area contributed by atoms with Gasteiger partial charge >= 0.3 is 0 Å². The van der Waals surface area contributed by atoms with E-state index in [4.69, 9.17) is 16.3 Å². The molecule has 0 spiro atoms. The Morgan fingerprint density at radius 3 is 2.72 bits per heavy atom. The number of pyridine rings is 1. The number of fused-ring (bicyclic) bond motifs is 1. The van der Waals surface area contributed by atoms with Crippen molar-refractivity contribution in [3.05, 3.63) is 77.2 Å². The number of ether oxygens (including phenoxy) is 1. The van der Waals surface area contributed by atoms with Gasteiger partial charge in [-0.2, -0.15) is 5.26 Å². The Balaban J connectivity index is 1.34. The van der Waals surface area contributed by atoms with E-state index < -0.39 is 5.82 Å². The molecule has 0 atom stereocenters. The van der Waals surface area contributed by atoms with Crippen molar-refractivity contribution in [1.29, 1.82) is 5.26 Å². The molecule has 5 rings (SSSR count). The topological polar surface area (TPSA) is 91.0 Å². The fourth-order valence-corrected chi connectivity index (χ4v) is 4.39. The highest BCUT2D eigenvalue weighted by molar-refractivity contribution is 6.31. The quantitative estimate of drug-likeness (QED) is 0.356. The summed E-state index contributed by atoms with van der Waals surface area (Å²) < 4.78 is 21.2. The van der Waals surface area contributed by atoms with Gasteiger partial charge in [0.15, 0.2) is 0 Å². The van der Waals surface area contributed by atoms with E-state index in [0.29, 0.717) is 23.5 Å². The van der Waals surface area contributed by atoms with Gasteiger partial charge in [-0.1, -0.05) is 11.6 Å². The largest absolute Gasteiger partial charge is 0.379 e. The van der Waals surface area contributed by atoms with E-state index >= 15 is 0 Å². The van der Waals surface area contributed by atoms with E-state index in [0.717, 1.165) is 61.8 Å². The molecule has 184 valence electrons. The fraction of sp³-hybridized carbons (Fsp3) is 0.269. The van der Waals surface area contributed by atoms with Crippen molar-refractivity contribution in [3.8, 4) is 6.07 Å². The molecule has 0 aliphatic carbocycles. The van der Waals surface area contributed by atoms with Gasteiger partial charge in [-0.3, -0.25) is 9.88 Å². The Hall–Kier alpha value is -3.71. The first kappa shape index (κ1) is 24.0. The summed E-state index contributed by atoms with van der Waals surface area (Å²) in [6.07, 6.45) is 5.33. The Morgan fingerprint density at radius 1 is 1.08 bits per heavy atom. The maximum atomic E-state index is 13.6. The number of rotatable bonds is 8. The van der Waals surface area contributed by atoms with Crippen molar-refractivity contribution in [3.63, 3.8) is 0 Å². The number of aromatic nitrogens is 3. The molecule has 1 aliphatic heterocycles. The van der Waals surface area contributed by atoms with Crippen LogP contribution in [0.1, 0.15) is 11.4 Å². The Kier molecular flexibility index (Phi) is 7.28. The van der Waals surface area contributed by atoms with E-state index in [-0.39, 0.29) is 5.02 Å². The van der Waals surface area contributed by atoms with Crippen molar-refractivity contribution in [2.75, 3.05) is 43.5 Å². The average Bonchev–Trinajstić information content (AvgIpc) is 3.36. The lowest BCUT2D eigenvalue weighted by atomic mass is 10.1. The lowest BCUT2D eigenvalue weighted by Gasteiger charge is -2.26. The highest BCUT2D eigenvalue weighted by Crippen LogP contribution is 2.32. The Morgan fingerprint density at radius 2 is 1.92 bits per heavy atom. The van der Waals surface area contributed by atoms with Gasteiger partial charge in [-0.05, 0) is 36.4 Å². The van der Waals surface area contributed by atoms with Crippen LogP contribution in [0.4, 0.5) is 21.5 Å². The Labute approximate surface area is 213 Å². The molecule has 10 heteroatoms. The molecule has 1 fully saturated rings. The maximum absolute atomic E-state index is 13.6. The number of morpholine rings is 1. The van der Waals surface area contributed by atoms with Crippen molar-refractivity contribution < 1.29 is 9.13 Å². The molecule has 8 nitrogen and oxygen atoms in total. The first-order valence-corrected chi connectivity index (χ1v) is 12.1. The van der Waals surface area contributed by atoms with Crippen LogP contribution in [-0.4, -0.2) is 52.3 Å². The summed E-state index contributed by atoms with van der Waals surface area (Å²) in [5, 5.41) is 17.1. The number of nitriles is 1. The minimum atomic E-state index is -0.503. The van der Waals surface area contributed by atoms with Crippen LogP contribution in [0.5, 0.6) is 0 Å². The summed E-state index contributed by atoms with van der Waals surface area (Å²) in [5.74, 6) is 0.434. The molecule has 0 saturated carbocycles. The Bertz CT molecular complexity index is 1410. The molecule has 0 radical (unpaired) electrons. The summed E-state index contributed by atoms with van der Waals surface area (Å²) in [6.45, 7) is 5.84. The number of halogens is 2. The molecule has 3 heterocycles. The van der Waals surface area contributed by atoms with Crippen molar-refractivity contribution in [1.82, 2.24) is 19.4 Å². The van der Waals surface area contributed by atoms with Crippen LogP contribution in [0, 0.1) is 17.1 Å². The first-order valence-electron chi connectivity index (χ1n) is 11.7. The van der Waals surface area contributed by atoms with Crippen LogP contribution in [0.25, 0.3) is 10.9 Å². The van der Waals surface area contributed by atoms with Crippen LogP contribution in [0.15, 0.2) is 55.0 Å². The number of hydrogen-bond acceptors (Lipinski definition) is 7. The number of nitrogens with one attached hydrogen (secondary N) is 2. The second-order valence-electron chi connectivity index (χ2n) is 8.49. The lowest BCUT2D eigenvalue weighted by molar-refractivity contribution is 0.0363. The highest BCUT2D eigenvalue weighted by Gasteiger charge is 2.13. The van der Waals surface area contributed by atoms with Crippen LogP contribution in [0.2, 0.25) is 5.02 Å². The predicted molar refractivity (Wildman–Crippen MR) is 138 cm³/mol. The second kappa shape index (κ2) is 10.9. The van der Waals surface area contributed by atoms with E-state index in [1.807, 2.05) is 30.6 Å². The molecule has 0 unspecified atom stereocenters. The van der Waals surface area contributed by atoms with Crippen LogP contribution >= 0.6 is 11.6 Å². The third-order valence-electron chi connectivity index (χ3n) is 6.19. The molecule has 2 aromatic heterocycles. The van der Waals surface area contributed by atoms with E-state index in [1.54, 1.807) is 6.07 Å². The molecule has 4 aromatic rings. The van der Waals surface area contributed by atoms with E-state index in [1.165, 1.54) is 18.3 Å². The summed E-state index contributed by atoms with van der Waals surface area (Å²) >= 11 is 5.95. The summed E-state index contributed by atoms with van der Waals surface area (Å²) in [4.78, 5) is 11.3. The van der Waals surface area contributed by atoms with Gasteiger partial charge in [0.1, 0.15) is 17.7 Å². The summed E-state index contributed by atoms with van der Waals surface area (Å²) in [6, 6.07) is 12.3. The number of imidazole rings is 1. The summed E-state index contributed by atoms with van der Waals surface area (Å²) in [5.41, 5.74) is 3.12. The zero-order chi connectivity index (χ0) is 24.9. The van der Waals surface area contributed by atoms with Gasteiger partial charge in [0, 0.05) is 61.5 Å². The molecule has 2 aromatic carbocycles. The normalized spacial score (nSPS) is 14.0. The summed E-state index contributed by atoms with van der Waals surface area (Å²) in [7, 11) is 0. The van der Waals surface area contributed by atoms with E-state index in [9.17, 15) is 9.65 Å². The number of anilines is 3. The lowest BCUT2D eigenvalue weighted by Crippen LogP contribution is -2.38. The molecule has 0 bridgehead atoms. The van der Waals surface area contributed by atoms with Gasteiger partial charge in [0.05, 0.1) is 41.5 Å². The molecule has 1 aliphatic rings. The predicted octanol–water partition coefficient (Wildman–Crippen LogP) is 4.78. The molecular formula is C26H25ClFN7O. The van der Waals surface area contributed by atoms with Gasteiger partial charge < -0.3 is 19.9 Å². The van der Waals surface area contributed by atoms with Gasteiger partial charge in [-0.15, -0.1) is 0 Å². The monoisotopic (exact) mass is 505 g/mol. The van der Waals surface area contributed by atoms with Crippen LogP contribution in [0.3, 0.4) is 0 Å².